The Bertz CT molecular complexity index is 694. The Labute approximate surface area is 149 Å². The Hall–Kier alpha value is -3.19. The van der Waals surface area contributed by atoms with Crippen LogP contribution in [0.3, 0.4) is 0 Å². The molecule has 1 aliphatic heterocycles. The van der Waals surface area contributed by atoms with Crippen LogP contribution in [0.1, 0.15) is 11.5 Å². The van der Waals surface area contributed by atoms with Crippen molar-refractivity contribution in [3.8, 4) is 6.07 Å². The van der Waals surface area contributed by atoms with Crippen LogP contribution in [0.2, 0.25) is 0 Å². The summed E-state index contributed by atoms with van der Waals surface area (Å²) in [5, 5.41) is 24.5. The van der Waals surface area contributed by atoms with Gasteiger partial charge in [-0.25, -0.2) is 4.79 Å². The predicted molar refractivity (Wildman–Crippen MR) is 90.3 cm³/mol. The number of amides is 3. The van der Waals surface area contributed by atoms with Gasteiger partial charge in [-0.2, -0.15) is 5.26 Å². The van der Waals surface area contributed by atoms with Crippen molar-refractivity contribution in [3.05, 3.63) is 39.9 Å². The van der Waals surface area contributed by atoms with Gasteiger partial charge in [0, 0.05) is 31.8 Å². The summed E-state index contributed by atoms with van der Waals surface area (Å²) in [5.41, 5.74) is 0.413. The zero-order valence-electron chi connectivity index (χ0n) is 14.0. The third kappa shape index (κ3) is 5.15. The topological polar surface area (TPSA) is 138 Å². The highest BCUT2D eigenvalue weighted by molar-refractivity contribution is 5.85. The minimum Gasteiger partial charge on any atom is -0.378 e. The normalized spacial score (nSPS) is 14.8. The molecule has 26 heavy (non-hydrogen) atoms. The number of nitrogens with one attached hydrogen (secondary N) is 2. The number of carbonyl (C=O) groups excluding carboxylic acids is 2. The molecule has 0 spiro atoms. The Kier molecular flexibility index (Phi) is 6.87. The van der Waals surface area contributed by atoms with E-state index < -0.39 is 16.7 Å². The van der Waals surface area contributed by atoms with Crippen molar-refractivity contribution in [2.45, 2.75) is 5.92 Å². The molecule has 1 aliphatic rings. The van der Waals surface area contributed by atoms with Crippen LogP contribution < -0.4 is 10.6 Å². The molecule has 10 heteroatoms. The van der Waals surface area contributed by atoms with Gasteiger partial charge in [0.1, 0.15) is 6.54 Å². The zero-order valence-corrected chi connectivity index (χ0v) is 14.0. The van der Waals surface area contributed by atoms with E-state index in [9.17, 15) is 19.7 Å². The fourth-order valence-electron chi connectivity index (χ4n) is 2.51. The molecule has 2 rings (SSSR count). The van der Waals surface area contributed by atoms with E-state index >= 15 is 0 Å². The van der Waals surface area contributed by atoms with E-state index in [-0.39, 0.29) is 24.8 Å². The van der Waals surface area contributed by atoms with Crippen molar-refractivity contribution in [1.82, 2.24) is 15.5 Å². The summed E-state index contributed by atoms with van der Waals surface area (Å²) in [5.74, 6) is -1.21. The highest BCUT2D eigenvalue weighted by atomic mass is 16.6. The number of ether oxygens (including phenoxy) is 1. The molecular weight excluding hydrogens is 342 g/mol. The second-order valence-electron chi connectivity index (χ2n) is 5.56. The number of rotatable bonds is 6. The molecule has 1 saturated heterocycles. The fraction of sp³-hybridized carbons (Fsp3) is 0.438. The number of morpholine rings is 1. The van der Waals surface area contributed by atoms with Crippen molar-refractivity contribution in [2.75, 3.05) is 39.4 Å². The van der Waals surface area contributed by atoms with Crippen molar-refractivity contribution < 1.29 is 19.2 Å². The summed E-state index contributed by atoms with van der Waals surface area (Å²) in [6.45, 7) is 1.69. The van der Waals surface area contributed by atoms with Gasteiger partial charge in [0.2, 0.25) is 5.91 Å². The lowest BCUT2D eigenvalue weighted by Gasteiger charge is -2.27. The summed E-state index contributed by atoms with van der Waals surface area (Å²) < 4.78 is 5.19. The number of hydrogen-bond donors (Lipinski definition) is 2. The largest absolute Gasteiger partial charge is 0.378 e. The number of nitrogens with zero attached hydrogens (tertiary/aromatic N) is 3. The predicted octanol–water partition coefficient (Wildman–Crippen LogP) is 0.360. The van der Waals surface area contributed by atoms with Crippen LogP contribution in [-0.2, 0) is 9.53 Å². The molecule has 0 radical (unpaired) electrons. The lowest BCUT2D eigenvalue weighted by Crippen LogP contribution is -2.48. The highest BCUT2D eigenvalue weighted by Gasteiger charge is 2.24. The summed E-state index contributed by atoms with van der Waals surface area (Å²) in [7, 11) is 0. The standard InChI is InChI=1S/C16H19N5O5/c17-5-6-18-15(22)14(12-1-3-13(4-2-12)21(24)25)11-19-16(23)20-7-9-26-10-8-20/h1-4,14H,6-11H2,(H,18,22)(H,19,23). The van der Waals surface area contributed by atoms with Gasteiger partial charge in [-0.05, 0) is 5.56 Å². The van der Waals surface area contributed by atoms with E-state index in [4.69, 9.17) is 10.00 Å². The maximum atomic E-state index is 12.3. The van der Waals surface area contributed by atoms with E-state index in [0.717, 1.165) is 0 Å². The molecule has 2 N–H and O–H groups in total. The molecule has 0 saturated carbocycles. The first-order chi connectivity index (χ1) is 12.5. The summed E-state index contributed by atoms with van der Waals surface area (Å²) in [6, 6.07) is 7.03. The monoisotopic (exact) mass is 361 g/mol. The summed E-state index contributed by atoms with van der Waals surface area (Å²) >= 11 is 0. The van der Waals surface area contributed by atoms with Gasteiger partial charge in [-0.3, -0.25) is 14.9 Å². The third-order valence-electron chi connectivity index (χ3n) is 3.92. The van der Waals surface area contributed by atoms with Crippen LogP contribution in [0.5, 0.6) is 0 Å². The van der Waals surface area contributed by atoms with Gasteiger partial charge in [0.05, 0.1) is 30.1 Å². The maximum absolute atomic E-state index is 12.3. The molecule has 0 aromatic heterocycles. The van der Waals surface area contributed by atoms with Crippen molar-refractivity contribution in [2.24, 2.45) is 0 Å². The molecule has 1 unspecified atom stereocenters. The van der Waals surface area contributed by atoms with Crippen LogP contribution >= 0.6 is 0 Å². The smallest absolute Gasteiger partial charge is 0.317 e. The van der Waals surface area contributed by atoms with Crippen molar-refractivity contribution >= 4 is 17.6 Å². The molecule has 1 atom stereocenters. The zero-order chi connectivity index (χ0) is 18.9. The van der Waals surface area contributed by atoms with Gasteiger partial charge in [0.25, 0.3) is 5.69 Å². The minimum atomic E-state index is -0.769. The average molecular weight is 361 g/mol. The number of nitro groups is 1. The molecule has 0 bridgehead atoms. The molecule has 1 fully saturated rings. The first-order valence-electron chi connectivity index (χ1n) is 8.02. The number of nitriles is 1. The van der Waals surface area contributed by atoms with Crippen LogP contribution in [0.15, 0.2) is 24.3 Å². The van der Waals surface area contributed by atoms with Gasteiger partial charge in [-0.1, -0.05) is 12.1 Å². The van der Waals surface area contributed by atoms with Gasteiger partial charge >= 0.3 is 6.03 Å². The second kappa shape index (κ2) is 9.33. The number of urea groups is 1. The van der Waals surface area contributed by atoms with Crippen molar-refractivity contribution in [1.29, 1.82) is 5.26 Å². The molecule has 1 heterocycles. The maximum Gasteiger partial charge on any atom is 0.317 e. The fourth-order valence-corrected chi connectivity index (χ4v) is 2.51. The lowest BCUT2D eigenvalue weighted by atomic mass is 9.97. The Morgan fingerprint density at radius 2 is 1.92 bits per heavy atom. The summed E-state index contributed by atoms with van der Waals surface area (Å²) in [4.78, 5) is 36.3. The molecule has 3 amide bonds. The quantitative estimate of drug-likeness (QED) is 0.426. The van der Waals surface area contributed by atoms with E-state index in [1.165, 1.54) is 24.3 Å². The van der Waals surface area contributed by atoms with Crippen LogP contribution in [-0.4, -0.2) is 61.2 Å². The van der Waals surface area contributed by atoms with Crippen molar-refractivity contribution in [3.63, 3.8) is 0 Å². The van der Waals surface area contributed by atoms with Gasteiger partial charge < -0.3 is 20.3 Å². The van der Waals surface area contributed by atoms with Gasteiger partial charge in [-0.15, -0.1) is 0 Å². The number of non-ortho nitro benzene ring substituents is 1. The third-order valence-corrected chi connectivity index (χ3v) is 3.92. The molecular formula is C16H19N5O5. The SMILES string of the molecule is N#CCNC(=O)C(CNC(=O)N1CCOCC1)c1ccc([N+](=O)[O-])cc1. The number of hydrogen-bond acceptors (Lipinski definition) is 6. The first kappa shape index (κ1) is 19.1. The molecule has 1 aromatic rings. The van der Waals surface area contributed by atoms with E-state index in [0.29, 0.717) is 31.9 Å². The number of carbonyl (C=O) groups is 2. The highest BCUT2D eigenvalue weighted by Crippen LogP contribution is 2.19. The van der Waals surface area contributed by atoms with E-state index in [2.05, 4.69) is 10.6 Å². The Morgan fingerprint density at radius 1 is 1.27 bits per heavy atom. The van der Waals surface area contributed by atoms with Gasteiger partial charge in [0.15, 0.2) is 0 Å². The van der Waals surface area contributed by atoms with Crippen LogP contribution in [0.25, 0.3) is 0 Å². The van der Waals surface area contributed by atoms with E-state index in [1.807, 2.05) is 6.07 Å². The van der Waals surface area contributed by atoms with E-state index in [1.54, 1.807) is 4.90 Å². The number of benzene rings is 1. The second-order valence-corrected chi connectivity index (χ2v) is 5.56. The minimum absolute atomic E-state index is 0.00522. The number of nitro benzene ring substituents is 1. The molecule has 1 aromatic carbocycles. The summed E-state index contributed by atoms with van der Waals surface area (Å²) in [6.07, 6.45) is 0. The van der Waals surface area contributed by atoms with Crippen LogP contribution in [0, 0.1) is 21.4 Å². The molecule has 138 valence electrons. The molecule has 10 nitrogen and oxygen atoms in total. The van der Waals surface area contributed by atoms with Crippen LogP contribution in [0.4, 0.5) is 10.5 Å². The first-order valence-corrected chi connectivity index (χ1v) is 8.02. The Morgan fingerprint density at radius 3 is 2.50 bits per heavy atom. The Balaban J connectivity index is 2.07. The lowest BCUT2D eigenvalue weighted by molar-refractivity contribution is -0.384. The average Bonchev–Trinajstić information content (AvgIpc) is 2.67. The molecule has 0 aliphatic carbocycles.